The van der Waals surface area contributed by atoms with Crippen LogP contribution in [-0.2, 0) is 5.41 Å². The Morgan fingerprint density at radius 2 is 2.11 bits per heavy atom. The summed E-state index contributed by atoms with van der Waals surface area (Å²) in [5.41, 5.74) is 1.43. The van der Waals surface area contributed by atoms with Gasteiger partial charge >= 0.3 is 0 Å². The minimum atomic E-state index is 0.117. The van der Waals surface area contributed by atoms with Crippen molar-refractivity contribution in [2.75, 3.05) is 40.0 Å². The van der Waals surface area contributed by atoms with Crippen LogP contribution in [0.3, 0.4) is 0 Å². The first kappa shape index (κ1) is 11.8. The van der Waals surface area contributed by atoms with Crippen molar-refractivity contribution in [3.05, 3.63) is 23.8 Å². The number of hydrogen-bond acceptors (Lipinski definition) is 4. The summed E-state index contributed by atoms with van der Waals surface area (Å²) in [5, 5.41) is 3.52. The van der Waals surface area contributed by atoms with Crippen LogP contribution in [0.25, 0.3) is 0 Å². The lowest BCUT2D eigenvalue weighted by Gasteiger charge is -2.31. The molecule has 1 saturated heterocycles. The zero-order valence-electron chi connectivity index (χ0n) is 11.0. The summed E-state index contributed by atoms with van der Waals surface area (Å²) in [6.45, 7) is 6.85. The molecule has 4 nitrogen and oxygen atoms in total. The Morgan fingerprint density at radius 3 is 3.00 bits per heavy atom. The molecule has 1 N–H and O–H groups in total. The van der Waals surface area contributed by atoms with E-state index in [2.05, 4.69) is 36.3 Å². The number of rotatable bonds is 1. The van der Waals surface area contributed by atoms with Crippen molar-refractivity contribution in [2.24, 2.45) is 0 Å². The maximum absolute atomic E-state index is 5.48. The van der Waals surface area contributed by atoms with Gasteiger partial charge in [0, 0.05) is 31.6 Å². The Bertz CT molecular complexity index is 449. The predicted octanol–water partition coefficient (Wildman–Crippen LogP) is 1.21. The molecule has 1 aromatic carbocycles. The monoisotopic (exact) mass is 248 g/mol. The molecule has 0 radical (unpaired) electrons. The van der Waals surface area contributed by atoms with Crippen molar-refractivity contribution in [1.29, 1.82) is 0 Å². The van der Waals surface area contributed by atoms with Gasteiger partial charge in [-0.25, -0.2) is 0 Å². The highest BCUT2D eigenvalue weighted by Crippen LogP contribution is 2.36. The zero-order valence-corrected chi connectivity index (χ0v) is 11.0. The van der Waals surface area contributed by atoms with E-state index >= 15 is 0 Å². The van der Waals surface area contributed by atoms with E-state index in [1.165, 1.54) is 5.56 Å². The van der Waals surface area contributed by atoms with E-state index in [0.29, 0.717) is 6.79 Å². The molecule has 18 heavy (non-hydrogen) atoms. The van der Waals surface area contributed by atoms with E-state index in [1.807, 2.05) is 6.07 Å². The van der Waals surface area contributed by atoms with Gasteiger partial charge in [0.25, 0.3) is 0 Å². The summed E-state index contributed by atoms with van der Waals surface area (Å²) in [6.07, 6.45) is 0. The summed E-state index contributed by atoms with van der Waals surface area (Å²) in [5.74, 6) is 1.73. The van der Waals surface area contributed by atoms with Crippen LogP contribution in [0.5, 0.6) is 11.5 Å². The van der Waals surface area contributed by atoms with Crippen LogP contribution in [0.4, 0.5) is 0 Å². The zero-order chi connectivity index (χ0) is 12.6. The van der Waals surface area contributed by atoms with Crippen molar-refractivity contribution < 1.29 is 9.47 Å². The maximum atomic E-state index is 5.48. The van der Waals surface area contributed by atoms with E-state index in [1.54, 1.807) is 0 Å². The van der Waals surface area contributed by atoms with Crippen molar-refractivity contribution in [3.63, 3.8) is 0 Å². The van der Waals surface area contributed by atoms with Crippen LogP contribution >= 0.6 is 0 Å². The van der Waals surface area contributed by atoms with Crippen LogP contribution in [0.1, 0.15) is 12.5 Å². The Labute approximate surface area is 108 Å². The first-order valence-corrected chi connectivity index (χ1v) is 6.47. The van der Waals surface area contributed by atoms with E-state index in [-0.39, 0.29) is 5.41 Å². The number of fused-ring (bicyclic) bond motifs is 1. The van der Waals surface area contributed by atoms with Gasteiger partial charge in [-0.05, 0) is 24.7 Å². The van der Waals surface area contributed by atoms with Gasteiger partial charge in [-0.15, -0.1) is 0 Å². The fraction of sp³-hybridized carbons (Fsp3) is 0.571. The van der Waals surface area contributed by atoms with Gasteiger partial charge in [0.15, 0.2) is 11.5 Å². The summed E-state index contributed by atoms with van der Waals surface area (Å²) < 4.78 is 10.8. The second kappa shape index (κ2) is 4.44. The van der Waals surface area contributed by atoms with Gasteiger partial charge in [-0.3, -0.25) is 0 Å². The summed E-state index contributed by atoms with van der Waals surface area (Å²) in [6, 6.07) is 6.31. The Morgan fingerprint density at radius 1 is 1.28 bits per heavy atom. The summed E-state index contributed by atoms with van der Waals surface area (Å²) >= 11 is 0. The molecular formula is C14H20N2O2. The molecule has 0 saturated carbocycles. The average molecular weight is 248 g/mol. The van der Waals surface area contributed by atoms with Gasteiger partial charge in [0.05, 0.1) is 0 Å². The minimum Gasteiger partial charge on any atom is -0.454 e. The number of likely N-dealkylation sites (N-methyl/N-ethyl adjacent to an activating group) is 1. The number of benzene rings is 1. The standard InChI is InChI=1S/C14H20N2O2/c1-14(8-15-5-6-16(2)9-14)11-3-4-12-13(7-11)18-10-17-12/h3-4,7,15H,5-6,8-10H2,1-2H3. The van der Waals surface area contributed by atoms with Crippen LogP contribution in [0, 0.1) is 0 Å². The summed E-state index contributed by atoms with van der Waals surface area (Å²) in [7, 11) is 2.18. The molecule has 1 atom stereocenters. The van der Waals surface area contributed by atoms with Gasteiger partial charge in [-0.1, -0.05) is 13.0 Å². The normalized spacial score (nSPS) is 28.1. The lowest BCUT2D eigenvalue weighted by Crippen LogP contribution is -2.39. The number of hydrogen-bond donors (Lipinski definition) is 1. The molecule has 0 bridgehead atoms. The molecule has 1 unspecified atom stereocenters. The number of ether oxygens (including phenoxy) is 2. The third kappa shape index (κ3) is 2.06. The van der Waals surface area contributed by atoms with Gasteiger partial charge in [0.2, 0.25) is 6.79 Å². The maximum Gasteiger partial charge on any atom is 0.231 e. The lowest BCUT2D eigenvalue weighted by atomic mass is 9.82. The van der Waals surface area contributed by atoms with Gasteiger partial charge in [0.1, 0.15) is 0 Å². The van der Waals surface area contributed by atoms with Crippen LogP contribution in [-0.4, -0.2) is 44.9 Å². The topological polar surface area (TPSA) is 33.7 Å². The van der Waals surface area contributed by atoms with Crippen molar-refractivity contribution in [2.45, 2.75) is 12.3 Å². The van der Waals surface area contributed by atoms with Crippen LogP contribution < -0.4 is 14.8 Å². The molecule has 2 aliphatic heterocycles. The fourth-order valence-corrected chi connectivity index (χ4v) is 2.83. The highest BCUT2D eigenvalue weighted by Gasteiger charge is 2.31. The highest BCUT2D eigenvalue weighted by atomic mass is 16.7. The molecule has 2 aliphatic rings. The Hall–Kier alpha value is -1.26. The van der Waals surface area contributed by atoms with Crippen molar-refractivity contribution in [3.8, 4) is 11.5 Å². The Kier molecular flexibility index (Phi) is 2.92. The molecular weight excluding hydrogens is 228 g/mol. The van der Waals surface area contributed by atoms with Crippen LogP contribution in [0.2, 0.25) is 0 Å². The molecule has 3 rings (SSSR count). The third-order valence-electron chi connectivity index (χ3n) is 3.87. The molecule has 0 spiro atoms. The predicted molar refractivity (Wildman–Crippen MR) is 70.3 cm³/mol. The van der Waals surface area contributed by atoms with E-state index in [0.717, 1.165) is 37.7 Å². The summed E-state index contributed by atoms with van der Waals surface area (Å²) in [4.78, 5) is 2.38. The minimum absolute atomic E-state index is 0.117. The van der Waals surface area contributed by atoms with Crippen molar-refractivity contribution in [1.82, 2.24) is 10.2 Å². The first-order valence-electron chi connectivity index (χ1n) is 6.47. The molecule has 2 heterocycles. The highest BCUT2D eigenvalue weighted by molar-refractivity contribution is 5.46. The molecule has 1 fully saturated rings. The quantitative estimate of drug-likeness (QED) is 0.810. The molecule has 0 amide bonds. The van der Waals surface area contributed by atoms with E-state index < -0.39 is 0 Å². The third-order valence-corrected chi connectivity index (χ3v) is 3.87. The van der Waals surface area contributed by atoms with E-state index in [4.69, 9.17) is 9.47 Å². The second-order valence-electron chi connectivity index (χ2n) is 5.54. The average Bonchev–Trinajstić information content (AvgIpc) is 2.74. The smallest absolute Gasteiger partial charge is 0.231 e. The molecule has 0 aliphatic carbocycles. The molecule has 4 heteroatoms. The fourth-order valence-electron chi connectivity index (χ4n) is 2.83. The van der Waals surface area contributed by atoms with Crippen LogP contribution in [0.15, 0.2) is 18.2 Å². The first-order chi connectivity index (χ1) is 8.67. The molecule has 98 valence electrons. The SMILES string of the molecule is CN1CCNCC(C)(c2ccc3c(c2)OCO3)C1. The Balaban J connectivity index is 1.92. The number of nitrogens with one attached hydrogen (secondary N) is 1. The lowest BCUT2D eigenvalue weighted by molar-refractivity contribution is 0.174. The molecule has 1 aromatic rings. The van der Waals surface area contributed by atoms with Gasteiger partial charge < -0.3 is 19.7 Å². The number of nitrogens with zero attached hydrogens (tertiary/aromatic N) is 1. The van der Waals surface area contributed by atoms with Gasteiger partial charge in [-0.2, -0.15) is 0 Å². The van der Waals surface area contributed by atoms with E-state index in [9.17, 15) is 0 Å². The largest absolute Gasteiger partial charge is 0.454 e. The van der Waals surface area contributed by atoms with Crippen molar-refractivity contribution >= 4 is 0 Å². The second-order valence-corrected chi connectivity index (χ2v) is 5.54. The molecule has 0 aromatic heterocycles.